The second-order valence-corrected chi connectivity index (χ2v) is 7.92. The van der Waals surface area contributed by atoms with Crippen molar-refractivity contribution in [1.82, 2.24) is 14.9 Å². The van der Waals surface area contributed by atoms with Gasteiger partial charge in [0.05, 0.1) is 13.7 Å². The molecule has 31 heavy (non-hydrogen) atoms. The Morgan fingerprint density at radius 2 is 1.97 bits per heavy atom. The number of aliphatic hydroxyl groups excluding tert-OH is 2. The highest BCUT2D eigenvalue weighted by molar-refractivity contribution is 5.53. The molecule has 0 aliphatic carbocycles. The van der Waals surface area contributed by atoms with Crippen molar-refractivity contribution in [3.63, 3.8) is 0 Å². The smallest absolute Gasteiger partial charge is 0.222 e. The third-order valence-electron chi connectivity index (χ3n) is 5.34. The van der Waals surface area contributed by atoms with Gasteiger partial charge in [-0.3, -0.25) is 4.90 Å². The van der Waals surface area contributed by atoms with Crippen LogP contribution < -0.4 is 15.8 Å². The molecule has 8 nitrogen and oxygen atoms in total. The van der Waals surface area contributed by atoms with Crippen LogP contribution in [0.1, 0.15) is 48.6 Å². The van der Waals surface area contributed by atoms with Crippen molar-refractivity contribution in [2.75, 3.05) is 45.0 Å². The van der Waals surface area contributed by atoms with E-state index < -0.39 is 0 Å². The van der Waals surface area contributed by atoms with E-state index in [0.29, 0.717) is 25.2 Å². The Kier molecular flexibility index (Phi) is 9.97. The molecule has 1 atom stereocenters. The Morgan fingerprint density at radius 3 is 2.61 bits per heavy atom. The number of nitrogen functional groups attached to an aromatic ring is 1. The molecule has 0 bridgehead atoms. The van der Waals surface area contributed by atoms with E-state index in [9.17, 15) is 5.11 Å². The molecule has 172 valence electrons. The monoisotopic (exact) mass is 431 g/mol. The molecule has 1 heterocycles. The summed E-state index contributed by atoms with van der Waals surface area (Å²) in [5, 5.41) is 22.0. The zero-order valence-corrected chi connectivity index (χ0v) is 19.2. The summed E-state index contributed by atoms with van der Waals surface area (Å²) in [7, 11) is 3.65. The number of likely N-dealkylation sites (N-methyl/N-ethyl adjacent to an activating group) is 1. The lowest BCUT2D eigenvalue weighted by molar-refractivity contribution is 0.217. The van der Waals surface area contributed by atoms with Crippen LogP contribution in [0, 0.1) is 6.92 Å². The fourth-order valence-electron chi connectivity index (χ4n) is 3.72. The molecule has 1 aromatic heterocycles. The second kappa shape index (κ2) is 12.4. The number of nitrogens with zero attached hydrogens (tertiary/aromatic N) is 3. The van der Waals surface area contributed by atoms with Crippen LogP contribution in [0.15, 0.2) is 18.2 Å². The number of ether oxygens (including phenoxy) is 1. The number of aliphatic hydroxyl groups is 2. The highest BCUT2D eigenvalue weighted by Crippen LogP contribution is 2.28. The number of rotatable bonds is 13. The third-order valence-corrected chi connectivity index (χ3v) is 5.34. The van der Waals surface area contributed by atoms with Crippen LogP contribution in [0.25, 0.3) is 0 Å². The van der Waals surface area contributed by atoms with Crippen LogP contribution in [-0.4, -0.2) is 65.0 Å². The molecule has 0 amide bonds. The first-order chi connectivity index (χ1) is 14.9. The summed E-state index contributed by atoms with van der Waals surface area (Å²) in [6, 6.07) is 6.30. The lowest BCUT2D eigenvalue weighted by atomic mass is 10.0. The molecule has 5 N–H and O–H groups in total. The van der Waals surface area contributed by atoms with Crippen LogP contribution in [0.2, 0.25) is 0 Å². The zero-order valence-electron chi connectivity index (χ0n) is 19.2. The van der Waals surface area contributed by atoms with Crippen molar-refractivity contribution < 1.29 is 14.9 Å². The van der Waals surface area contributed by atoms with Gasteiger partial charge in [-0.1, -0.05) is 25.5 Å². The maximum absolute atomic E-state index is 9.41. The van der Waals surface area contributed by atoms with Crippen molar-refractivity contribution in [1.29, 1.82) is 0 Å². The normalized spacial score (nSPS) is 12.2. The Labute approximate surface area is 185 Å². The van der Waals surface area contributed by atoms with Gasteiger partial charge >= 0.3 is 0 Å². The lowest BCUT2D eigenvalue weighted by Gasteiger charge is -2.22. The number of hydrogen-bond acceptors (Lipinski definition) is 8. The predicted molar refractivity (Wildman–Crippen MR) is 124 cm³/mol. The summed E-state index contributed by atoms with van der Waals surface area (Å²) < 4.78 is 5.67. The second-order valence-electron chi connectivity index (χ2n) is 7.92. The summed E-state index contributed by atoms with van der Waals surface area (Å²) in [6.07, 6.45) is 3.19. The molecule has 0 saturated heterocycles. The Hall–Kier alpha value is -2.42. The van der Waals surface area contributed by atoms with E-state index in [0.717, 1.165) is 47.5 Å². The maximum atomic E-state index is 9.41. The average molecular weight is 432 g/mol. The number of hydrogen-bond donors (Lipinski definition) is 4. The number of methoxy groups -OCH3 is 1. The average Bonchev–Trinajstić information content (AvgIpc) is 2.71. The van der Waals surface area contributed by atoms with E-state index in [1.807, 2.05) is 20.0 Å². The van der Waals surface area contributed by atoms with Gasteiger partial charge in [0.1, 0.15) is 11.6 Å². The molecule has 0 aliphatic heterocycles. The van der Waals surface area contributed by atoms with Gasteiger partial charge in [0.2, 0.25) is 5.95 Å². The van der Waals surface area contributed by atoms with Gasteiger partial charge in [-0.15, -0.1) is 0 Å². The minimum atomic E-state index is 0.118. The van der Waals surface area contributed by atoms with E-state index in [4.69, 9.17) is 15.6 Å². The minimum absolute atomic E-state index is 0.118. The van der Waals surface area contributed by atoms with E-state index >= 15 is 0 Å². The van der Waals surface area contributed by atoms with Gasteiger partial charge in [-0.2, -0.15) is 4.98 Å². The standard InChI is InChI=1S/C23H37N5O3/c1-5-6-19(9-11-29)26-22-20(16(2)25-23(24)27-22)14-18-8-7-17(13-21(18)31-4)15-28(3)10-12-30/h7-8,13,19,29-30H,5-6,9-12,14-15H2,1-4H3,(H3,24,25,26,27)/t19-/m0/s1. The third kappa shape index (κ3) is 7.34. The van der Waals surface area contributed by atoms with E-state index in [1.165, 1.54) is 0 Å². The molecule has 0 radical (unpaired) electrons. The summed E-state index contributed by atoms with van der Waals surface area (Å²) in [5.74, 6) is 1.75. The Morgan fingerprint density at radius 1 is 1.19 bits per heavy atom. The first-order valence-corrected chi connectivity index (χ1v) is 10.9. The molecule has 0 aliphatic rings. The predicted octanol–water partition coefficient (Wildman–Crippen LogP) is 2.35. The number of benzene rings is 1. The summed E-state index contributed by atoms with van der Waals surface area (Å²) >= 11 is 0. The number of nitrogens with one attached hydrogen (secondary N) is 1. The van der Waals surface area contributed by atoms with Gasteiger partial charge in [-0.05, 0) is 44.0 Å². The Balaban J connectivity index is 2.32. The van der Waals surface area contributed by atoms with Crippen LogP contribution in [0.3, 0.4) is 0 Å². The maximum Gasteiger partial charge on any atom is 0.222 e. The molecule has 0 fully saturated rings. The fraction of sp³-hybridized carbons (Fsp3) is 0.565. The highest BCUT2D eigenvalue weighted by Gasteiger charge is 2.17. The molecule has 2 rings (SSSR count). The fourth-order valence-corrected chi connectivity index (χ4v) is 3.72. The first-order valence-electron chi connectivity index (χ1n) is 10.9. The largest absolute Gasteiger partial charge is 0.496 e. The number of aromatic nitrogens is 2. The van der Waals surface area contributed by atoms with Gasteiger partial charge in [0, 0.05) is 43.4 Å². The van der Waals surface area contributed by atoms with Gasteiger partial charge < -0.3 is 26.0 Å². The molecule has 0 unspecified atom stereocenters. The van der Waals surface area contributed by atoms with Gasteiger partial charge in [-0.25, -0.2) is 4.98 Å². The lowest BCUT2D eigenvalue weighted by Crippen LogP contribution is -2.23. The molecule has 2 aromatic rings. The van der Waals surface area contributed by atoms with E-state index in [-0.39, 0.29) is 25.2 Å². The zero-order chi connectivity index (χ0) is 22.8. The summed E-state index contributed by atoms with van der Waals surface area (Å²) in [6.45, 7) is 5.66. The Bertz CT molecular complexity index is 825. The highest BCUT2D eigenvalue weighted by atomic mass is 16.5. The van der Waals surface area contributed by atoms with Crippen LogP contribution in [-0.2, 0) is 13.0 Å². The molecule has 8 heteroatoms. The van der Waals surface area contributed by atoms with E-state index in [2.05, 4.69) is 39.2 Å². The number of anilines is 2. The van der Waals surface area contributed by atoms with E-state index in [1.54, 1.807) is 7.11 Å². The van der Waals surface area contributed by atoms with Crippen molar-refractivity contribution in [2.24, 2.45) is 0 Å². The molecular formula is C23H37N5O3. The number of aryl methyl sites for hydroxylation is 1. The molecule has 0 saturated carbocycles. The van der Waals surface area contributed by atoms with Crippen LogP contribution in [0.4, 0.5) is 11.8 Å². The van der Waals surface area contributed by atoms with Gasteiger partial charge in [0.25, 0.3) is 0 Å². The summed E-state index contributed by atoms with van der Waals surface area (Å²) in [5.41, 5.74) is 9.87. The first kappa shape index (κ1) is 24.8. The molecular weight excluding hydrogens is 394 g/mol. The van der Waals surface area contributed by atoms with Crippen molar-refractivity contribution in [3.8, 4) is 5.75 Å². The molecule has 0 spiro atoms. The topological polar surface area (TPSA) is 117 Å². The quantitative estimate of drug-likeness (QED) is 0.382. The number of nitrogens with two attached hydrogens (primary N) is 1. The van der Waals surface area contributed by atoms with Crippen LogP contribution in [0.5, 0.6) is 5.75 Å². The van der Waals surface area contributed by atoms with Crippen molar-refractivity contribution >= 4 is 11.8 Å². The minimum Gasteiger partial charge on any atom is -0.496 e. The van der Waals surface area contributed by atoms with Crippen molar-refractivity contribution in [2.45, 2.75) is 52.1 Å². The van der Waals surface area contributed by atoms with Gasteiger partial charge in [0.15, 0.2) is 0 Å². The summed E-state index contributed by atoms with van der Waals surface area (Å²) in [4.78, 5) is 10.9. The van der Waals surface area contributed by atoms with Crippen molar-refractivity contribution in [3.05, 3.63) is 40.6 Å². The van der Waals surface area contributed by atoms with Crippen LogP contribution >= 0.6 is 0 Å². The SMILES string of the molecule is CCC[C@@H](CCO)Nc1nc(N)nc(C)c1Cc1ccc(CN(C)CCO)cc1OC. The molecule has 1 aromatic carbocycles.